The highest BCUT2D eigenvalue weighted by Gasteiger charge is 2.19. The molecule has 0 aliphatic rings. The summed E-state index contributed by atoms with van der Waals surface area (Å²) in [5, 5.41) is 4.18. The monoisotopic (exact) mass is 404 g/mol. The van der Waals surface area contributed by atoms with Crippen LogP contribution in [0.2, 0.25) is 5.02 Å². The van der Waals surface area contributed by atoms with Gasteiger partial charge in [0.05, 0.1) is 33.4 Å². The van der Waals surface area contributed by atoms with E-state index < -0.39 is 0 Å². The van der Waals surface area contributed by atoms with Gasteiger partial charge in [0.15, 0.2) is 11.5 Å². The van der Waals surface area contributed by atoms with Crippen molar-refractivity contribution in [1.29, 1.82) is 0 Å². The fraction of sp³-hybridized carbons (Fsp3) is 0.250. The molecule has 0 radical (unpaired) electrons. The van der Waals surface area contributed by atoms with Gasteiger partial charge in [-0.15, -0.1) is 0 Å². The summed E-state index contributed by atoms with van der Waals surface area (Å²) in [5.41, 5.74) is 1.01. The zero-order valence-electron chi connectivity index (χ0n) is 15.8. The highest BCUT2D eigenvalue weighted by atomic mass is 35.5. The van der Waals surface area contributed by atoms with E-state index in [1.165, 1.54) is 0 Å². The van der Waals surface area contributed by atoms with E-state index in [4.69, 9.17) is 30.5 Å². The first kappa shape index (κ1) is 19.7. The number of amides is 1. The Kier molecular flexibility index (Phi) is 6.16. The number of aromatic nitrogens is 1. The molecule has 0 spiro atoms. The largest absolute Gasteiger partial charge is 0.496 e. The summed E-state index contributed by atoms with van der Waals surface area (Å²) in [6.45, 7) is 0.669. The molecule has 0 saturated heterocycles. The number of ether oxygens (including phenoxy) is 4. The minimum atomic E-state index is -0.265. The zero-order valence-corrected chi connectivity index (χ0v) is 16.6. The smallest absolute Gasteiger partial charge is 0.267 e. The minimum absolute atomic E-state index is 0.265. The Labute approximate surface area is 167 Å². The Bertz CT molecular complexity index is 969. The lowest BCUT2D eigenvalue weighted by atomic mass is 10.2. The summed E-state index contributed by atoms with van der Waals surface area (Å²) in [6, 6.07) is 10.5. The van der Waals surface area contributed by atoms with Crippen LogP contribution in [0.4, 0.5) is 0 Å². The maximum Gasteiger partial charge on any atom is 0.267 e. The molecule has 148 valence electrons. The average Bonchev–Trinajstić information content (AvgIpc) is 3.16. The van der Waals surface area contributed by atoms with Crippen molar-refractivity contribution in [2.45, 2.75) is 0 Å². The third-order valence-corrected chi connectivity index (χ3v) is 4.41. The van der Waals surface area contributed by atoms with E-state index >= 15 is 0 Å². The number of carbonyl (C=O) groups excluding carboxylic acids is 1. The predicted octanol–water partition coefficient (Wildman–Crippen LogP) is 3.66. The van der Waals surface area contributed by atoms with Crippen LogP contribution in [0.15, 0.2) is 36.4 Å². The second kappa shape index (κ2) is 8.75. The molecule has 2 aromatic carbocycles. The number of fused-ring (bicyclic) bond motifs is 1. The lowest BCUT2D eigenvalue weighted by Gasteiger charge is -2.11. The molecule has 2 N–H and O–H groups in total. The zero-order chi connectivity index (χ0) is 20.1. The average molecular weight is 405 g/mol. The van der Waals surface area contributed by atoms with Gasteiger partial charge in [-0.05, 0) is 30.3 Å². The number of benzene rings is 2. The second-order valence-corrected chi connectivity index (χ2v) is 6.28. The molecule has 7 nitrogen and oxygen atoms in total. The summed E-state index contributed by atoms with van der Waals surface area (Å²) in [5.74, 6) is 2.01. The van der Waals surface area contributed by atoms with E-state index in [-0.39, 0.29) is 5.91 Å². The Morgan fingerprint density at radius 3 is 2.39 bits per heavy atom. The minimum Gasteiger partial charge on any atom is -0.496 e. The normalized spacial score (nSPS) is 10.6. The number of H-pyrrole nitrogens is 1. The van der Waals surface area contributed by atoms with Crippen molar-refractivity contribution < 1.29 is 23.7 Å². The van der Waals surface area contributed by atoms with Crippen LogP contribution < -0.4 is 24.3 Å². The molecule has 1 heterocycles. The maximum absolute atomic E-state index is 12.5. The number of rotatable bonds is 8. The van der Waals surface area contributed by atoms with Crippen LogP contribution in [0.1, 0.15) is 10.5 Å². The molecule has 1 aromatic heterocycles. The fourth-order valence-corrected chi connectivity index (χ4v) is 2.94. The highest BCUT2D eigenvalue weighted by molar-refractivity contribution is 6.30. The lowest BCUT2D eigenvalue weighted by Crippen LogP contribution is -2.28. The van der Waals surface area contributed by atoms with Gasteiger partial charge in [0, 0.05) is 16.5 Å². The molecular formula is C20H21ClN2O5. The molecule has 1 amide bonds. The number of carbonyl (C=O) groups is 1. The van der Waals surface area contributed by atoms with Crippen LogP contribution in [-0.4, -0.2) is 45.4 Å². The van der Waals surface area contributed by atoms with Gasteiger partial charge in [0.2, 0.25) is 0 Å². The van der Waals surface area contributed by atoms with Crippen LogP contribution in [-0.2, 0) is 0 Å². The van der Waals surface area contributed by atoms with Gasteiger partial charge in [-0.2, -0.15) is 0 Å². The number of methoxy groups -OCH3 is 3. The van der Waals surface area contributed by atoms with Crippen molar-refractivity contribution in [2.24, 2.45) is 0 Å². The Hall–Kier alpha value is -3.06. The van der Waals surface area contributed by atoms with Crippen LogP contribution in [0.3, 0.4) is 0 Å². The summed E-state index contributed by atoms with van der Waals surface area (Å²) < 4.78 is 21.7. The van der Waals surface area contributed by atoms with Crippen molar-refractivity contribution in [2.75, 3.05) is 34.5 Å². The third-order valence-electron chi connectivity index (χ3n) is 4.15. The number of aromatic amines is 1. The van der Waals surface area contributed by atoms with E-state index in [0.717, 1.165) is 5.39 Å². The molecule has 0 fully saturated rings. The molecule has 3 aromatic rings. The van der Waals surface area contributed by atoms with Gasteiger partial charge >= 0.3 is 0 Å². The first-order chi connectivity index (χ1) is 13.6. The second-order valence-electron chi connectivity index (χ2n) is 5.84. The van der Waals surface area contributed by atoms with E-state index in [2.05, 4.69) is 10.3 Å². The summed E-state index contributed by atoms with van der Waals surface area (Å²) in [7, 11) is 4.64. The van der Waals surface area contributed by atoms with Gasteiger partial charge in [-0.3, -0.25) is 4.79 Å². The Morgan fingerprint density at radius 1 is 1.04 bits per heavy atom. The molecule has 0 aliphatic heterocycles. The van der Waals surface area contributed by atoms with Gasteiger partial charge in [0.25, 0.3) is 5.91 Å². The van der Waals surface area contributed by atoms with Gasteiger partial charge in [-0.25, -0.2) is 0 Å². The van der Waals surface area contributed by atoms with Crippen molar-refractivity contribution in [1.82, 2.24) is 10.3 Å². The van der Waals surface area contributed by atoms with Gasteiger partial charge in [0.1, 0.15) is 23.8 Å². The molecular weight excluding hydrogens is 384 g/mol. The molecule has 0 saturated carbocycles. The number of hydrogen-bond acceptors (Lipinski definition) is 5. The summed E-state index contributed by atoms with van der Waals surface area (Å²) >= 11 is 5.84. The van der Waals surface area contributed by atoms with Crippen molar-refractivity contribution in [3.05, 3.63) is 47.1 Å². The molecule has 8 heteroatoms. The first-order valence-corrected chi connectivity index (χ1v) is 8.93. The SMILES string of the molecule is COc1cc(OC)c2cc(C(=O)NCCOc3ccc(Cl)cc3)[nH]c2c1OC. The Morgan fingerprint density at radius 2 is 1.75 bits per heavy atom. The lowest BCUT2D eigenvalue weighted by molar-refractivity contribution is 0.0943. The molecule has 28 heavy (non-hydrogen) atoms. The molecule has 0 aliphatic carbocycles. The van der Waals surface area contributed by atoms with Crippen LogP contribution in [0.25, 0.3) is 10.9 Å². The molecule has 0 atom stereocenters. The predicted molar refractivity (Wildman–Crippen MR) is 107 cm³/mol. The van der Waals surface area contributed by atoms with Crippen molar-refractivity contribution in [3.8, 4) is 23.0 Å². The summed E-state index contributed by atoms with van der Waals surface area (Å²) in [6.07, 6.45) is 0. The van der Waals surface area contributed by atoms with E-state index in [0.29, 0.717) is 52.4 Å². The maximum atomic E-state index is 12.5. The quantitative estimate of drug-likeness (QED) is 0.560. The standard InChI is InChI=1S/C20H21ClN2O5/c1-25-16-11-17(26-2)19(27-3)18-14(16)10-15(23-18)20(24)22-8-9-28-13-6-4-12(21)5-7-13/h4-7,10-11,23H,8-9H2,1-3H3,(H,22,24). The Balaban J connectivity index is 1.70. The van der Waals surface area contributed by atoms with E-state index in [9.17, 15) is 4.79 Å². The third kappa shape index (κ3) is 4.09. The van der Waals surface area contributed by atoms with Crippen molar-refractivity contribution >= 4 is 28.4 Å². The number of halogens is 1. The van der Waals surface area contributed by atoms with Crippen LogP contribution in [0, 0.1) is 0 Å². The van der Waals surface area contributed by atoms with Crippen LogP contribution >= 0.6 is 11.6 Å². The molecule has 0 unspecified atom stereocenters. The van der Waals surface area contributed by atoms with E-state index in [1.807, 2.05) is 0 Å². The molecule has 0 bridgehead atoms. The van der Waals surface area contributed by atoms with Gasteiger partial charge < -0.3 is 29.2 Å². The molecule has 3 rings (SSSR count). The van der Waals surface area contributed by atoms with Crippen LogP contribution in [0.5, 0.6) is 23.0 Å². The number of nitrogens with one attached hydrogen (secondary N) is 2. The topological polar surface area (TPSA) is 81.8 Å². The van der Waals surface area contributed by atoms with Crippen molar-refractivity contribution in [3.63, 3.8) is 0 Å². The first-order valence-electron chi connectivity index (χ1n) is 8.55. The van der Waals surface area contributed by atoms with Gasteiger partial charge in [-0.1, -0.05) is 11.6 Å². The van der Waals surface area contributed by atoms with E-state index in [1.54, 1.807) is 57.7 Å². The highest BCUT2D eigenvalue weighted by Crippen LogP contribution is 2.41. The fourth-order valence-electron chi connectivity index (χ4n) is 2.82. The number of hydrogen-bond donors (Lipinski definition) is 2. The summed E-state index contributed by atoms with van der Waals surface area (Å²) in [4.78, 5) is 15.6.